The molecule has 0 spiro atoms. The fraction of sp³-hybridized carbons (Fsp3) is 0.650. The van der Waals surface area contributed by atoms with Crippen molar-refractivity contribution >= 4 is 5.96 Å². The Morgan fingerprint density at radius 2 is 2.12 bits per heavy atom. The Kier molecular flexibility index (Phi) is 8.06. The first kappa shape index (κ1) is 19.6. The van der Waals surface area contributed by atoms with Gasteiger partial charge in [0.05, 0.1) is 12.7 Å². The number of guanidine groups is 1. The van der Waals surface area contributed by atoms with Gasteiger partial charge in [-0.2, -0.15) is 0 Å². The van der Waals surface area contributed by atoms with Crippen molar-refractivity contribution in [1.29, 1.82) is 0 Å². The van der Waals surface area contributed by atoms with Gasteiger partial charge < -0.3 is 20.1 Å². The van der Waals surface area contributed by atoms with Gasteiger partial charge >= 0.3 is 0 Å². The van der Waals surface area contributed by atoms with Gasteiger partial charge in [0, 0.05) is 32.3 Å². The first-order chi connectivity index (χ1) is 12.1. The van der Waals surface area contributed by atoms with Crippen LogP contribution in [0, 0.1) is 12.8 Å². The molecule has 1 fully saturated rings. The number of rotatable bonds is 10. The monoisotopic (exact) mass is 347 g/mol. The van der Waals surface area contributed by atoms with Gasteiger partial charge in [-0.1, -0.05) is 19.1 Å². The summed E-state index contributed by atoms with van der Waals surface area (Å²) in [6.07, 6.45) is 3.86. The van der Waals surface area contributed by atoms with Gasteiger partial charge in [0.2, 0.25) is 0 Å². The van der Waals surface area contributed by atoms with Crippen LogP contribution in [-0.2, 0) is 11.3 Å². The second-order valence-corrected chi connectivity index (χ2v) is 6.82. The van der Waals surface area contributed by atoms with E-state index in [1.54, 1.807) is 7.05 Å². The average Bonchev–Trinajstić information content (AvgIpc) is 3.43. The van der Waals surface area contributed by atoms with Gasteiger partial charge in [-0.3, -0.25) is 4.99 Å². The smallest absolute Gasteiger partial charge is 0.191 e. The lowest BCUT2D eigenvalue weighted by Gasteiger charge is -2.18. The third kappa shape index (κ3) is 7.34. The van der Waals surface area contributed by atoms with Crippen LogP contribution in [0.4, 0.5) is 0 Å². The van der Waals surface area contributed by atoms with E-state index in [-0.39, 0.29) is 6.10 Å². The maximum atomic E-state index is 6.06. The largest absolute Gasteiger partial charge is 0.490 e. The summed E-state index contributed by atoms with van der Waals surface area (Å²) in [5, 5.41) is 6.64. The van der Waals surface area contributed by atoms with E-state index in [9.17, 15) is 0 Å². The fourth-order valence-electron chi connectivity index (χ4n) is 2.39. The van der Waals surface area contributed by atoms with Crippen LogP contribution in [0.3, 0.4) is 0 Å². The molecule has 5 heteroatoms. The minimum atomic E-state index is 0.210. The van der Waals surface area contributed by atoms with Crippen LogP contribution in [0.15, 0.2) is 23.2 Å². The molecule has 1 aromatic carbocycles. The molecule has 1 aliphatic rings. The Balaban J connectivity index is 1.79. The second kappa shape index (κ2) is 10.3. The Morgan fingerprint density at radius 1 is 1.32 bits per heavy atom. The summed E-state index contributed by atoms with van der Waals surface area (Å²) in [5.41, 5.74) is 2.34. The predicted octanol–water partition coefficient (Wildman–Crippen LogP) is 3.26. The molecule has 0 heterocycles. The summed E-state index contributed by atoms with van der Waals surface area (Å²) in [4.78, 5) is 4.27. The molecule has 0 amide bonds. The van der Waals surface area contributed by atoms with E-state index in [2.05, 4.69) is 54.6 Å². The third-order valence-electron chi connectivity index (χ3n) is 4.38. The van der Waals surface area contributed by atoms with Crippen molar-refractivity contribution < 1.29 is 9.47 Å². The highest BCUT2D eigenvalue weighted by Gasteiger charge is 2.20. The second-order valence-electron chi connectivity index (χ2n) is 6.82. The highest BCUT2D eigenvalue weighted by atomic mass is 16.5. The van der Waals surface area contributed by atoms with E-state index in [1.807, 2.05) is 0 Å². The number of hydrogen-bond acceptors (Lipinski definition) is 3. The summed E-state index contributed by atoms with van der Waals surface area (Å²) < 4.78 is 11.7. The quantitative estimate of drug-likeness (QED) is 0.387. The standard InChI is InChI=1S/C20H33N3O2/c1-5-16(3)25-19-12-15(2)6-9-18(19)13-23-20(21-4)22-10-11-24-14-17-7-8-17/h6,9,12,16-17H,5,7-8,10-11,13-14H2,1-4H3,(H2,21,22,23). The van der Waals surface area contributed by atoms with Crippen molar-refractivity contribution in [3.63, 3.8) is 0 Å². The number of ether oxygens (including phenoxy) is 2. The summed E-state index contributed by atoms with van der Waals surface area (Å²) in [7, 11) is 1.78. The maximum Gasteiger partial charge on any atom is 0.191 e. The number of aliphatic imine (C=N–C) groups is 1. The molecule has 0 radical (unpaired) electrons. The molecule has 1 aliphatic carbocycles. The van der Waals surface area contributed by atoms with E-state index >= 15 is 0 Å². The van der Waals surface area contributed by atoms with Gasteiger partial charge in [-0.05, 0) is 50.7 Å². The van der Waals surface area contributed by atoms with Gasteiger partial charge in [0.1, 0.15) is 5.75 Å². The zero-order valence-corrected chi connectivity index (χ0v) is 16.1. The number of nitrogens with zero attached hydrogens (tertiary/aromatic N) is 1. The minimum Gasteiger partial charge on any atom is -0.490 e. The van der Waals surface area contributed by atoms with Crippen molar-refractivity contribution in [2.75, 3.05) is 26.8 Å². The molecular formula is C20H33N3O2. The summed E-state index contributed by atoms with van der Waals surface area (Å²) >= 11 is 0. The molecule has 1 saturated carbocycles. The van der Waals surface area contributed by atoms with E-state index in [0.29, 0.717) is 13.2 Å². The number of hydrogen-bond donors (Lipinski definition) is 2. The molecule has 0 bridgehead atoms. The molecule has 0 saturated heterocycles. The molecule has 25 heavy (non-hydrogen) atoms. The molecule has 1 aromatic rings. The first-order valence-corrected chi connectivity index (χ1v) is 9.40. The lowest BCUT2D eigenvalue weighted by Crippen LogP contribution is -2.38. The van der Waals surface area contributed by atoms with Crippen molar-refractivity contribution in [3.05, 3.63) is 29.3 Å². The van der Waals surface area contributed by atoms with Gasteiger partial charge in [-0.15, -0.1) is 0 Å². The first-order valence-electron chi connectivity index (χ1n) is 9.40. The molecular weight excluding hydrogens is 314 g/mol. The van der Waals surface area contributed by atoms with Crippen LogP contribution < -0.4 is 15.4 Å². The van der Waals surface area contributed by atoms with E-state index in [1.165, 1.54) is 18.4 Å². The molecule has 1 unspecified atom stereocenters. The van der Waals surface area contributed by atoms with Crippen LogP contribution in [0.2, 0.25) is 0 Å². The predicted molar refractivity (Wildman–Crippen MR) is 103 cm³/mol. The lowest BCUT2D eigenvalue weighted by molar-refractivity contribution is 0.129. The molecule has 2 rings (SSSR count). The SMILES string of the molecule is CCC(C)Oc1cc(C)ccc1CNC(=NC)NCCOCC1CC1. The normalized spacial score (nSPS) is 15.8. The Hall–Kier alpha value is -1.75. The van der Waals surface area contributed by atoms with Crippen molar-refractivity contribution in [3.8, 4) is 5.75 Å². The summed E-state index contributed by atoms with van der Waals surface area (Å²) in [6.45, 7) is 9.36. The Labute approximate surface area is 152 Å². The maximum absolute atomic E-state index is 6.06. The lowest BCUT2D eigenvalue weighted by atomic mass is 10.1. The Bertz CT molecular complexity index is 556. The zero-order valence-electron chi connectivity index (χ0n) is 16.1. The zero-order chi connectivity index (χ0) is 18.1. The highest BCUT2D eigenvalue weighted by molar-refractivity contribution is 5.79. The van der Waals surface area contributed by atoms with Crippen LogP contribution in [0.5, 0.6) is 5.75 Å². The number of aryl methyl sites for hydroxylation is 1. The minimum absolute atomic E-state index is 0.210. The van der Waals surface area contributed by atoms with Gasteiger partial charge in [-0.25, -0.2) is 0 Å². The number of benzene rings is 1. The molecule has 140 valence electrons. The van der Waals surface area contributed by atoms with E-state index < -0.39 is 0 Å². The van der Waals surface area contributed by atoms with Crippen molar-refractivity contribution in [2.45, 2.75) is 52.7 Å². The molecule has 0 aromatic heterocycles. The fourth-order valence-corrected chi connectivity index (χ4v) is 2.39. The summed E-state index contributed by atoms with van der Waals surface area (Å²) in [6, 6.07) is 6.33. The van der Waals surface area contributed by atoms with Crippen LogP contribution in [0.25, 0.3) is 0 Å². The van der Waals surface area contributed by atoms with Crippen LogP contribution in [0.1, 0.15) is 44.2 Å². The molecule has 2 N–H and O–H groups in total. The van der Waals surface area contributed by atoms with Crippen LogP contribution in [-0.4, -0.2) is 38.9 Å². The van der Waals surface area contributed by atoms with Crippen molar-refractivity contribution in [2.24, 2.45) is 10.9 Å². The molecule has 1 atom stereocenters. The topological polar surface area (TPSA) is 54.9 Å². The molecule has 0 aliphatic heterocycles. The van der Waals surface area contributed by atoms with Gasteiger partial charge in [0.15, 0.2) is 5.96 Å². The van der Waals surface area contributed by atoms with Gasteiger partial charge in [0.25, 0.3) is 0 Å². The van der Waals surface area contributed by atoms with Crippen molar-refractivity contribution in [1.82, 2.24) is 10.6 Å². The Morgan fingerprint density at radius 3 is 2.80 bits per heavy atom. The number of nitrogens with one attached hydrogen (secondary N) is 2. The summed E-state index contributed by atoms with van der Waals surface area (Å²) in [5.74, 6) is 2.54. The average molecular weight is 348 g/mol. The highest BCUT2D eigenvalue weighted by Crippen LogP contribution is 2.28. The van der Waals surface area contributed by atoms with E-state index in [0.717, 1.165) is 42.8 Å². The van der Waals surface area contributed by atoms with Crippen LogP contribution >= 0.6 is 0 Å². The van der Waals surface area contributed by atoms with E-state index in [4.69, 9.17) is 9.47 Å². The molecule has 5 nitrogen and oxygen atoms in total. The third-order valence-corrected chi connectivity index (χ3v) is 4.38.